The molecule has 0 bridgehead atoms. The van der Waals surface area contributed by atoms with Gasteiger partial charge in [-0.1, -0.05) is 15.9 Å². The summed E-state index contributed by atoms with van der Waals surface area (Å²) in [5, 5.41) is 0. The van der Waals surface area contributed by atoms with E-state index in [0.717, 1.165) is 10.4 Å². The minimum absolute atomic E-state index is 0.428. The van der Waals surface area contributed by atoms with Gasteiger partial charge in [-0.05, 0) is 18.9 Å². The van der Waals surface area contributed by atoms with Crippen molar-refractivity contribution in [2.24, 2.45) is 0 Å². The Balaban J connectivity index is 2.10. The normalized spacial score (nSPS) is 16.5. The molecule has 1 fully saturated rings. The van der Waals surface area contributed by atoms with Gasteiger partial charge in [0, 0.05) is 16.7 Å². The van der Waals surface area contributed by atoms with Gasteiger partial charge in [0.2, 0.25) is 5.88 Å². The molecule has 1 aromatic heterocycles. The summed E-state index contributed by atoms with van der Waals surface area (Å²) in [5.74, 6) is 0.724. The molecule has 2 nitrogen and oxygen atoms in total. The molecule has 0 spiro atoms. The maximum absolute atomic E-state index is 5.46. The van der Waals surface area contributed by atoms with Gasteiger partial charge in [-0.25, -0.2) is 4.98 Å². The van der Waals surface area contributed by atoms with Crippen molar-refractivity contribution in [3.63, 3.8) is 0 Å². The molecule has 0 atom stereocenters. The van der Waals surface area contributed by atoms with Crippen LogP contribution < -0.4 is 4.74 Å². The highest BCUT2D eigenvalue weighted by molar-refractivity contribution is 9.10. The van der Waals surface area contributed by atoms with E-state index in [1.165, 1.54) is 12.8 Å². The standard InChI is InChI=1S/C8H8BrNO/c9-6-3-4-10-8(5-6)11-7-1-2-7/h3-5,7H,1-2H2. The number of rotatable bonds is 2. The van der Waals surface area contributed by atoms with Crippen LogP contribution in [0.3, 0.4) is 0 Å². The van der Waals surface area contributed by atoms with Crippen LogP contribution in [0, 0.1) is 0 Å². The van der Waals surface area contributed by atoms with Crippen LogP contribution in [-0.4, -0.2) is 11.1 Å². The fourth-order valence-electron chi connectivity index (χ4n) is 0.806. The SMILES string of the molecule is Brc1ccnc(OC2CC2)c1. The second-order valence-electron chi connectivity index (χ2n) is 2.63. The monoisotopic (exact) mass is 213 g/mol. The van der Waals surface area contributed by atoms with Gasteiger partial charge in [0.15, 0.2) is 0 Å². The first kappa shape index (κ1) is 7.10. The summed E-state index contributed by atoms with van der Waals surface area (Å²) in [6.45, 7) is 0. The van der Waals surface area contributed by atoms with Crippen LogP contribution in [0.2, 0.25) is 0 Å². The first-order valence-corrected chi connectivity index (χ1v) is 4.42. The average Bonchev–Trinajstić information content (AvgIpc) is 2.71. The van der Waals surface area contributed by atoms with E-state index in [9.17, 15) is 0 Å². The minimum atomic E-state index is 0.428. The Bertz CT molecular complexity index is 260. The average molecular weight is 214 g/mol. The number of hydrogen-bond donors (Lipinski definition) is 0. The van der Waals surface area contributed by atoms with E-state index in [1.54, 1.807) is 6.20 Å². The largest absolute Gasteiger partial charge is 0.474 e. The van der Waals surface area contributed by atoms with Crippen molar-refractivity contribution in [3.05, 3.63) is 22.8 Å². The predicted molar refractivity (Wildman–Crippen MR) is 45.6 cm³/mol. The molecule has 11 heavy (non-hydrogen) atoms. The first-order chi connectivity index (χ1) is 5.34. The van der Waals surface area contributed by atoms with Crippen molar-refractivity contribution in [2.45, 2.75) is 18.9 Å². The molecule has 0 radical (unpaired) electrons. The summed E-state index contributed by atoms with van der Waals surface area (Å²) in [6.07, 6.45) is 4.52. The van der Waals surface area contributed by atoms with Gasteiger partial charge in [-0.3, -0.25) is 0 Å². The lowest BCUT2D eigenvalue weighted by Gasteiger charge is -2.01. The Hall–Kier alpha value is -0.570. The Labute approximate surface area is 73.7 Å². The number of aromatic nitrogens is 1. The zero-order valence-corrected chi connectivity index (χ0v) is 7.54. The molecule has 1 aromatic rings. The highest BCUT2D eigenvalue weighted by atomic mass is 79.9. The third-order valence-electron chi connectivity index (χ3n) is 1.51. The maximum Gasteiger partial charge on any atom is 0.214 e. The van der Waals surface area contributed by atoms with Crippen LogP contribution in [-0.2, 0) is 0 Å². The first-order valence-electron chi connectivity index (χ1n) is 3.63. The molecule has 0 aromatic carbocycles. The second kappa shape index (κ2) is 2.81. The van der Waals surface area contributed by atoms with Gasteiger partial charge in [-0.2, -0.15) is 0 Å². The van der Waals surface area contributed by atoms with Gasteiger partial charge in [-0.15, -0.1) is 0 Å². The summed E-state index contributed by atoms with van der Waals surface area (Å²) < 4.78 is 6.48. The molecule has 0 aliphatic heterocycles. The number of pyridine rings is 1. The van der Waals surface area contributed by atoms with Crippen LogP contribution in [0.25, 0.3) is 0 Å². The summed E-state index contributed by atoms with van der Waals surface area (Å²) in [6, 6.07) is 3.78. The van der Waals surface area contributed by atoms with Crippen molar-refractivity contribution in [1.29, 1.82) is 0 Å². The highest BCUT2D eigenvalue weighted by Gasteiger charge is 2.23. The lowest BCUT2D eigenvalue weighted by Crippen LogP contribution is -1.97. The molecule has 0 N–H and O–H groups in total. The van der Waals surface area contributed by atoms with Crippen LogP contribution in [0.15, 0.2) is 22.8 Å². The molecule has 1 aliphatic rings. The number of ether oxygens (including phenoxy) is 1. The zero-order valence-electron chi connectivity index (χ0n) is 5.96. The van der Waals surface area contributed by atoms with Crippen LogP contribution in [0.4, 0.5) is 0 Å². The summed E-state index contributed by atoms with van der Waals surface area (Å²) in [7, 11) is 0. The molecule has 0 unspecified atom stereocenters. The molecular formula is C8H8BrNO. The lowest BCUT2D eigenvalue weighted by molar-refractivity contribution is 0.291. The van der Waals surface area contributed by atoms with E-state index >= 15 is 0 Å². The third-order valence-corrected chi connectivity index (χ3v) is 2.00. The number of halogens is 1. The van der Waals surface area contributed by atoms with E-state index in [1.807, 2.05) is 12.1 Å². The molecule has 0 saturated heterocycles. The Kier molecular flexibility index (Phi) is 1.82. The molecule has 1 saturated carbocycles. The van der Waals surface area contributed by atoms with Crippen LogP contribution in [0.5, 0.6) is 5.88 Å². The molecule has 58 valence electrons. The molecule has 2 rings (SSSR count). The fourth-order valence-corrected chi connectivity index (χ4v) is 1.12. The van der Waals surface area contributed by atoms with Crippen molar-refractivity contribution in [3.8, 4) is 5.88 Å². The summed E-state index contributed by atoms with van der Waals surface area (Å²) in [4.78, 5) is 4.07. The van der Waals surface area contributed by atoms with Crippen LogP contribution >= 0.6 is 15.9 Å². The van der Waals surface area contributed by atoms with Crippen molar-refractivity contribution in [1.82, 2.24) is 4.98 Å². The Morgan fingerprint density at radius 2 is 2.36 bits per heavy atom. The van der Waals surface area contributed by atoms with Gasteiger partial charge in [0.25, 0.3) is 0 Å². The number of hydrogen-bond acceptors (Lipinski definition) is 2. The quantitative estimate of drug-likeness (QED) is 0.753. The number of nitrogens with zero attached hydrogens (tertiary/aromatic N) is 1. The Morgan fingerprint density at radius 3 is 3.00 bits per heavy atom. The molecule has 3 heteroatoms. The Morgan fingerprint density at radius 1 is 1.55 bits per heavy atom. The van der Waals surface area contributed by atoms with Gasteiger partial charge < -0.3 is 4.74 Å². The summed E-state index contributed by atoms with van der Waals surface area (Å²) in [5.41, 5.74) is 0. The van der Waals surface area contributed by atoms with E-state index in [-0.39, 0.29) is 0 Å². The van der Waals surface area contributed by atoms with E-state index in [2.05, 4.69) is 20.9 Å². The van der Waals surface area contributed by atoms with E-state index < -0.39 is 0 Å². The lowest BCUT2D eigenvalue weighted by atomic mass is 10.5. The molecule has 1 heterocycles. The second-order valence-corrected chi connectivity index (χ2v) is 3.55. The smallest absolute Gasteiger partial charge is 0.214 e. The van der Waals surface area contributed by atoms with Gasteiger partial charge in [0.05, 0.1) is 0 Å². The maximum atomic E-state index is 5.46. The van der Waals surface area contributed by atoms with E-state index in [4.69, 9.17) is 4.74 Å². The highest BCUT2D eigenvalue weighted by Crippen LogP contribution is 2.26. The zero-order chi connectivity index (χ0) is 7.68. The van der Waals surface area contributed by atoms with Crippen molar-refractivity contribution < 1.29 is 4.74 Å². The minimum Gasteiger partial charge on any atom is -0.474 e. The van der Waals surface area contributed by atoms with Gasteiger partial charge in [0.1, 0.15) is 6.10 Å². The van der Waals surface area contributed by atoms with Crippen molar-refractivity contribution >= 4 is 15.9 Å². The van der Waals surface area contributed by atoms with Crippen LogP contribution in [0.1, 0.15) is 12.8 Å². The topological polar surface area (TPSA) is 22.1 Å². The van der Waals surface area contributed by atoms with E-state index in [0.29, 0.717) is 6.10 Å². The molecule has 0 amide bonds. The van der Waals surface area contributed by atoms with Gasteiger partial charge >= 0.3 is 0 Å². The molecular weight excluding hydrogens is 206 g/mol. The summed E-state index contributed by atoms with van der Waals surface area (Å²) >= 11 is 3.35. The predicted octanol–water partition coefficient (Wildman–Crippen LogP) is 2.39. The van der Waals surface area contributed by atoms with Crippen molar-refractivity contribution in [2.75, 3.05) is 0 Å². The fraction of sp³-hybridized carbons (Fsp3) is 0.375. The third kappa shape index (κ3) is 1.93. The molecule has 1 aliphatic carbocycles.